The smallest absolute Gasteiger partial charge is 0.231 e. The van der Waals surface area contributed by atoms with Gasteiger partial charge in [0.1, 0.15) is 5.75 Å². The molecule has 3 heterocycles. The number of fused-ring (bicyclic) bond motifs is 2. The van der Waals surface area contributed by atoms with Gasteiger partial charge in [-0.25, -0.2) is 0 Å². The fourth-order valence-electron chi connectivity index (χ4n) is 5.38. The second-order valence-corrected chi connectivity index (χ2v) is 9.66. The Morgan fingerprint density at radius 1 is 0.973 bits per heavy atom. The molecule has 1 amide bonds. The molecule has 2 aliphatic rings. The SMILES string of the molecule is COc1ccc(C(CC(=O)N2CCN(Cc3ccc4c(c3)OCO4)CC2)c2c[nH]c3ccccc23)cc1. The lowest BCUT2D eigenvalue weighted by Crippen LogP contribution is -2.48. The first-order valence-electron chi connectivity index (χ1n) is 12.8. The summed E-state index contributed by atoms with van der Waals surface area (Å²) >= 11 is 0. The van der Waals surface area contributed by atoms with E-state index in [1.165, 1.54) is 5.56 Å². The molecular formula is C30H31N3O4. The molecule has 3 aromatic carbocycles. The lowest BCUT2D eigenvalue weighted by molar-refractivity contribution is -0.133. The lowest BCUT2D eigenvalue weighted by atomic mass is 9.87. The third-order valence-electron chi connectivity index (χ3n) is 7.46. The van der Waals surface area contributed by atoms with Gasteiger partial charge >= 0.3 is 0 Å². The van der Waals surface area contributed by atoms with Crippen molar-refractivity contribution in [1.29, 1.82) is 0 Å². The average molecular weight is 498 g/mol. The molecule has 0 radical (unpaired) electrons. The maximum absolute atomic E-state index is 13.6. The molecule has 1 fully saturated rings. The third-order valence-corrected chi connectivity index (χ3v) is 7.46. The number of ether oxygens (including phenoxy) is 3. The summed E-state index contributed by atoms with van der Waals surface area (Å²) in [6.07, 6.45) is 2.48. The molecule has 1 atom stereocenters. The molecule has 0 saturated carbocycles. The van der Waals surface area contributed by atoms with Crippen molar-refractivity contribution >= 4 is 16.8 Å². The van der Waals surface area contributed by atoms with Gasteiger partial charge in [-0.2, -0.15) is 0 Å². The molecule has 7 nitrogen and oxygen atoms in total. The van der Waals surface area contributed by atoms with Gasteiger partial charge in [-0.15, -0.1) is 0 Å². The maximum atomic E-state index is 13.6. The second-order valence-electron chi connectivity index (χ2n) is 9.66. The van der Waals surface area contributed by atoms with Crippen LogP contribution >= 0.6 is 0 Å². The van der Waals surface area contributed by atoms with E-state index in [-0.39, 0.29) is 18.6 Å². The Kier molecular flexibility index (Phi) is 6.45. The number of benzene rings is 3. The van der Waals surface area contributed by atoms with E-state index in [1.807, 2.05) is 35.2 Å². The highest BCUT2D eigenvalue weighted by Gasteiger charge is 2.27. The number of carbonyl (C=O) groups excluding carboxylic acids is 1. The first-order chi connectivity index (χ1) is 18.2. The van der Waals surface area contributed by atoms with E-state index in [1.54, 1.807) is 7.11 Å². The number of H-pyrrole nitrogens is 1. The molecule has 1 N–H and O–H groups in total. The molecule has 1 unspecified atom stereocenters. The van der Waals surface area contributed by atoms with E-state index in [9.17, 15) is 4.79 Å². The Hall–Kier alpha value is -3.97. The first kappa shape index (κ1) is 23.4. The molecule has 2 aliphatic heterocycles. The van der Waals surface area contributed by atoms with Gasteiger partial charge in [0.2, 0.25) is 12.7 Å². The topological polar surface area (TPSA) is 67.0 Å². The maximum Gasteiger partial charge on any atom is 0.231 e. The summed E-state index contributed by atoms with van der Waals surface area (Å²) in [6, 6.07) is 22.5. The predicted octanol–water partition coefficient (Wildman–Crippen LogP) is 4.77. The van der Waals surface area contributed by atoms with Crippen molar-refractivity contribution in [3.8, 4) is 17.2 Å². The summed E-state index contributed by atoms with van der Waals surface area (Å²) in [4.78, 5) is 21.4. The number of para-hydroxylation sites is 1. The zero-order valence-electron chi connectivity index (χ0n) is 21.0. The number of nitrogens with zero attached hydrogens (tertiary/aromatic N) is 2. The summed E-state index contributed by atoms with van der Waals surface area (Å²) in [7, 11) is 1.67. The molecule has 190 valence electrons. The third kappa shape index (κ3) is 4.87. The molecule has 37 heavy (non-hydrogen) atoms. The van der Waals surface area contributed by atoms with Gasteiger partial charge < -0.3 is 24.1 Å². The van der Waals surface area contributed by atoms with Crippen molar-refractivity contribution in [3.63, 3.8) is 0 Å². The van der Waals surface area contributed by atoms with E-state index < -0.39 is 0 Å². The zero-order chi connectivity index (χ0) is 25.2. The quantitative estimate of drug-likeness (QED) is 0.398. The largest absolute Gasteiger partial charge is 0.497 e. The normalized spacial score (nSPS) is 16.2. The number of methoxy groups -OCH3 is 1. The summed E-state index contributed by atoms with van der Waals surface area (Å²) < 4.78 is 16.3. The number of hydrogen-bond acceptors (Lipinski definition) is 5. The Labute approximate surface area is 216 Å². The second kappa shape index (κ2) is 10.2. The minimum atomic E-state index is -0.0405. The molecule has 0 bridgehead atoms. The van der Waals surface area contributed by atoms with Gasteiger partial charge in [0.15, 0.2) is 11.5 Å². The molecule has 6 rings (SSSR count). The average Bonchev–Trinajstić information content (AvgIpc) is 3.59. The number of hydrogen-bond donors (Lipinski definition) is 1. The number of aromatic nitrogens is 1. The summed E-state index contributed by atoms with van der Waals surface area (Å²) in [5.74, 6) is 2.58. The highest BCUT2D eigenvalue weighted by Crippen LogP contribution is 2.35. The Bertz CT molecular complexity index is 1390. The van der Waals surface area contributed by atoms with Crippen molar-refractivity contribution in [3.05, 3.63) is 89.6 Å². The van der Waals surface area contributed by atoms with Gasteiger partial charge in [0.05, 0.1) is 7.11 Å². The number of aromatic amines is 1. The van der Waals surface area contributed by atoms with Gasteiger partial charge in [-0.05, 0) is 47.0 Å². The zero-order valence-corrected chi connectivity index (χ0v) is 21.0. The Morgan fingerprint density at radius 3 is 2.57 bits per heavy atom. The van der Waals surface area contributed by atoms with Crippen LogP contribution in [0.25, 0.3) is 10.9 Å². The van der Waals surface area contributed by atoms with E-state index in [4.69, 9.17) is 14.2 Å². The van der Waals surface area contributed by atoms with Crippen LogP contribution in [0.5, 0.6) is 17.2 Å². The number of nitrogens with one attached hydrogen (secondary N) is 1. The first-order valence-corrected chi connectivity index (χ1v) is 12.8. The van der Waals surface area contributed by atoms with Crippen molar-refractivity contribution in [2.45, 2.75) is 18.9 Å². The summed E-state index contributed by atoms with van der Waals surface area (Å²) in [6.45, 7) is 4.28. The fourth-order valence-corrected chi connectivity index (χ4v) is 5.38. The van der Waals surface area contributed by atoms with E-state index in [2.05, 4.69) is 52.5 Å². The van der Waals surface area contributed by atoms with Crippen LogP contribution in [0.15, 0.2) is 72.9 Å². The van der Waals surface area contributed by atoms with E-state index >= 15 is 0 Å². The van der Waals surface area contributed by atoms with Crippen LogP contribution in [0.3, 0.4) is 0 Å². The van der Waals surface area contributed by atoms with Crippen molar-refractivity contribution in [2.75, 3.05) is 40.1 Å². The molecular weight excluding hydrogens is 466 g/mol. The highest BCUT2D eigenvalue weighted by molar-refractivity contribution is 5.86. The van der Waals surface area contributed by atoms with E-state index in [0.717, 1.165) is 72.0 Å². The molecule has 1 aromatic heterocycles. The predicted molar refractivity (Wildman–Crippen MR) is 142 cm³/mol. The highest BCUT2D eigenvalue weighted by atomic mass is 16.7. The number of piperazine rings is 1. The number of amides is 1. The molecule has 7 heteroatoms. The fraction of sp³-hybridized carbons (Fsp3) is 0.300. The lowest BCUT2D eigenvalue weighted by Gasteiger charge is -2.35. The van der Waals surface area contributed by atoms with Crippen LogP contribution in [0, 0.1) is 0 Å². The number of rotatable bonds is 7. The van der Waals surface area contributed by atoms with Crippen molar-refractivity contribution < 1.29 is 19.0 Å². The van der Waals surface area contributed by atoms with Crippen LogP contribution < -0.4 is 14.2 Å². The Balaban J connectivity index is 1.15. The van der Waals surface area contributed by atoms with Crippen LogP contribution in [-0.2, 0) is 11.3 Å². The van der Waals surface area contributed by atoms with Gasteiger partial charge in [0.25, 0.3) is 0 Å². The summed E-state index contributed by atoms with van der Waals surface area (Å²) in [5, 5.41) is 1.16. The van der Waals surface area contributed by atoms with Crippen LogP contribution in [-0.4, -0.2) is 60.8 Å². The van der Waals surface area contributed by atoms with Crippen LogP contribution in [0.1, 0.15) is 29.0 Å². The van der Waals surface area contributed by atoms with Gasteiger partial charge in [0, 0.05) is 62.2 Å². The molecule has 4 aromatic rings. The van der Waals surface area contributed by atoms with Crippen LogP contribution in [0.2, 0.25) is 0 Å². The van der Waals surface area contributed by atoms with Crippen molar-refractivity contribution in [2.24, 2.45) is 0 Å². The van der Waals surface area contributed by atoms with Crippen molar-refractivity contribution in [1.82, 2.24) is 14.8 Å². The minimum Gasteiger partial charge on any atom is -0.497 e. The molecule has 0 spiro atoms. The Morgan fingerprint density at radius 2 is 1.76 bits per heavy atom. The van der Waals surface area contributed by atoms with Crippen LogP contribution in [0.4, 0.5) is 0 Å². The number of carbonyl (C=O) groups is 1. The van der Waals surface area contributed by atoms with E-state index in [0.29, 0.717) is 6.42 Å². The van der Waals surface area contributed by atoms with Gasteiger partial charge in [-0.3, -0.25) is 9.69 Å². The summed E-state index contributed by atoms with van der Waals surface area (Å²) in [5.41, 5.74) is 4.54. The minimum absolute atomic E-state index is 0.0405. The molecule has 1 saturated heterocycles. The molecule has 0 aliphatic carbocycles. The monoisotopic (exact) mass is 497 g/mol. The standard InChI is InChI=1S/C30H31N3O4/c1-35-23-9-7-22(8-10-23)25(26-18-31-27-5-3-2-4-24(26)27)17-30(34)33-14-12-32(13-15-33)19-21-6-11-28-29(16-21)37-20-36-28/h2-11,16,18,25,31H,12-15,17,19-20H2,1H3. The van der Waals surface area contributed by atoms with Gasteiger partial charge in [-0.1, -0.05) is 36.4 Å².